The van der Waals surface area contributed by atoms with Crippen molar-refractivity contribution in [2.75, 3.05) is 41.5 Å². The number of Topliss-reactive ketones (excluding diaryl/α,β-unsaturated/α-hetero) is 1. The molecule has 3 rings (SSSR count). The lowest BCUT2D eigenvalue weighted by Crippen LogP contribution is -2.59. The normalized spacial score (nSPS) is 20.5. The zero-order chi connectivity index (χ0) is 45.7. The number of nitro benzene ring substituents is 1. The molecule has 10 atom stereocenters. The lowest BCUT2D eigenvalue weighted by atomic mass is 9.88. The Morgan fingerprint density at radius 3 is 2.19 bits per heavy atom. The molecule has 4 amide bonds. The van der Waals surface area contributed by atoms with E-state index in [-0.39, 0.29) is 60.6 Å². The van der Waals surface area contributed by atoms with Crippen LogP contribution in [-0.4, -0.2) is 139 Å². The topological polar surface area (TPSA) is 231 Å². The van der Waals surface area contributed by atoms with Gasteiger partial charge in [-0.15, -0.1) is 12.4 Å². The van der Waals surface area contributed by atoms with Crippen LogP contribution in [0.4, 0.5) is 5.69 Å². The number of phenolic OH excluding ortho intramolecular Hbond substituents is 1. The maximum absolute atomic E-state index is 14.2. The Morgan fingerprint density at radius 1 is 1.00 bits per heavy atom. The van der Waals surface area contributed by atoms with Crippen LogP contribution in [0.2, 0.25) is 0 Å². The second-order valence-electron chi connectivity index (χ2n) is 17.2. The molecule has 1 aromatic rings. The van der Waals surface area contributed by atoms with Gasteiger partial charge in [-0.05, 0) is 62.1 Å². The number of halogens is 1. The predicted molar refractivity (Wildman–Crippen MR) is 235 cm³/mol. The molecule has 2 heterocycles. The molecule has 18 nitrogen and oxygen atoms in total. The Hall–Kier alpha value is -3.94. The lowest BCUT2D eigenvalue weighted by Gasteiger charge is -2.40. The van der Waals surface area contributed by atoms with E-state index in [2.05, 4.69) is 21.3 Å². The molecule has 0 aromatic heterocycles. The third-order valence-corrected chi connectivity index (χ3v) is 12.3. The number of likely N-dealkylation sites (N-methyl/N-ethyl adjacent to an activating group) is 2. The van der Waals surface area contributed by atoms with Crippen LogP contribution in [0.25, 0.3) is 0 Å². The average molecular weight is 899 g/mol. The summed E-state index contributed by atoms with van der Waals surface area (Å²) in [5.74, 6) is -3.24. The molecule has 0 spiro atoms. The summed E-state index contributed by atoms with van der Waals surface area (Å²) in [4.78, 5) is 87.0. The number of nitro groups is 1. The second-order valence-corrected chi connectivity index (χ2v) is 17.2. The highest BCUT2D eigenvalue weighted by Gasteiger charge is 2.43. The number of phenols is 1. The zero-order valence-corrected chi connectivity index (χ0v) is 39.1. The summed E-state index contributed by atoms with van der Waals surface area (Å²) in [5.41, 5.74) is -0.169. The summed E-state index contributed by atoms with van der Waals surface area (Å²) >= 11 is 0. The maximum atomic E-state index is 14.2. The molecule has 5 N–H and O–H groups in total. The smallest absolute Gasteiger partial charge is 0.310 e. The number of rotatable bonds is 23. The molecular weight excluding hydrogens is 826 g/mol. The van der Waals surface area contributed by atoms with Crippen LogP contribution in [-0.2, 0) is 44.7 Å². The Kier molecular flexibility index (Phi) is 22.2. The molecular formula is C43H72ClN7O11. The van der Waals surface area contributed by atoms with Crippen molar-refractivity contribution in [1.82, 2.24) is 31.2 Å². The summed E-state index contributed by atoms with van der Waals surface area (Å²) in [6.07, 6.45) is 1.71. The van der Waals surface area contributed by atoms with Gasteiger partial charge in [0.1, 0.15) is 12.1 Å². The number of nitrogens with one attached hydrogen (secondary N) is 4. The molecule has 2 aliphatic rings. The molecule has 0 saturated carbocycles. The van der Waals surface area contributed by atoms with E-state index in [0.717, 1.165) is 6.42 Å². The minimum atomic E-state index is -1.15. The van der Waals surface area contributed by atoms with Crippen molar-refractivity contribution in [2.24, 2.45) is 23.7 Å². The highest BCUT2D eigenvalue weighted by Crippen LogP contribution is 2.29. The van der Waals surface area contributed by atoms with Crippen molar-refractivity contribution in [1.29, 1.82) is 0 Å². The molecule has 1 aromatic carbocycles. The van der Waals surface area contributed by atoms with Gasteiger partial charge in [0.25, 0.3) is 5.91 Å². The van der Waals surface area contributed by atoms with Crippen molar-refractivity contribution in [3.63, 3.8) is 0 Å². The average Bonchev–Trinajstić information content (AvgIpc) is 3.72. The van der Waals surface area contributed by atoms with E-state index in [4.69, 9.17) is 14.3 Å². The van der Waals surface area contributed by atoms with Crippen LogP contribution in [0, 0.1) is 33.8 Å². The minimum Gasteiger partial charge on any atom is -0.502 e. The molecule has 0 radical (unpaired) electrons. The number of carbonyl (C=O) groups excluding carboxylic acids is 5. The van der Waals surface area contributed by atoms with Crippen LogP contribution >= 0.6 is 12.4 Å². The molecule has 2 saturated heterocycles. The Bertz CT molecular complexity index is 1660. The van der Waals surface area contributed by atoms with Gasteiger partial charge in [-0.2, -0.15) is 0 Å². The van der Waals surface area contributed by atoms with E-state index in [0.29, 0.717) is 44.4 Å². The largest absolute Gasteiger partial charge is 0.502 e. The summed E-state index contributed by atoms with van der Waals surface area (Å²) in [5, 5.41) is 34.9. The third-order valence-electron chi connectivity index (χ3n) is 12.3. The Labute approximate surface area is 372 Å². The Balaban J connectivity index is 0.0000132. The number of carbonyl (C=O) groups is 5. The summed E-state index contributed by atoms with van der Waals surface area (Å²) in [6, 6.07) is -0.0833. The van der Waals surface area contributed by atoms with Gasteiger partial charge < -0.3 is 40.7 Å². The molecule has 352 valence electrons. The number of aromatic hydroxyl groups is 1. The lowest BCUT2D eigenvalue weighted by molar-refractivity contribution is -0.385. The fraction of sp³-hybridized carbons (Fsp3) is 0.744. The van der Waals surface area contributed by atoms with E-state index in [9.17, 15) is 39.2 Å². The van der Waals surface area contributed by atoms with Crippen molar-refractivity contribution in [2.45, 2.75) is 142 Å². The number of ketones is 1. The zero-order valence-electron chi connectivity index (χ0n) is 38.3. The standard InChI is InChI=1S/C43H71N7O11.ClH/c1-12-26(6)38(48(9)43(56)37(25(4)5)47-41(54)36(44-8)24(2)3)35(59-10)23-34(52)29-16-17-30(45-29)39(60-11)27(7)40(53)46-31(42(55)49-19-13-14-20-61-49)21-28-15-18-33(51)32(22-28)50(57)58;/h15,18,22,24-27,29-31,35-39,44-45,51H,12-14,16-17,19-21,23H2,1-11H3,(H,46,53)(H,47,54);1H/t26-,27+,29?,30-,31-,35+,36-,37-,38-,39+;/m0./s1. The molecule has 2 aliphatic heterocycles. The van der Waals surface area contributed by atoms with Gasteiger partial charge in [-0.1, -0.05) is 61.0 Å². The number of methoxy groups -OCH3 is 2. The number of ether oxygens (including phenoxy) is 2. The van der Waals surface area contributed by atoms with Gasteiger partial charge in [-0.25, -0.2) is 5.06 Å². The molecule has 2 fully saturated rings. The first-order chi connectivity index (χ1) is 28.8. The van der Waals surface area contributed by atoms with E-state index < -0.39 is 82.6 Å². The van der Waals surface area contributed by atoms with E-state index >= 15 is 0 Å². The number of nitrogens with zero attached hydrogens (tertiary/aromatic N) is 3. The third kappa shape index (κ3) is 14.0. The van der Waals surface area contributed by atoms with Crippen LogP contribution < -0.4 is 21.3 Å². The monoisotopic (exact) mass is 897 g/mol. The van der Waals surface area contributed by atoms with E-state index in [1.165, 1.54) is 37.5 Å². The summed E-state index contributed by atoms with van der Waals surface area (Å²) in [7, 11) is 6.41. The van der Waals surface area contributed by atoms with Crippen LogP contribution in [0.5, 0.6) is 5.75 Å². The van der Waals surface area contributed by atoms with Crippen molar-refractivity contribution >= 4 is 47.5 Å². The van der Waals surface area contributed by atoms with Gasteiger partial charge in [-0.3, -0.25) is 38.9 Å². The van der Waals surface area contributed by atoms with E-state index in [1.54, 1.807) is 25.9 Å². The molecule has 19 heteroatoms. The number of hydroxylamine groups is 2. The van der Waals surface area contributed by atoms with Crippen molar-refractivity contribution in [3.8, 4) is 5.75 Å². The SMILES string of the molecule is CC[C@H](C)[C@@H]([C@@H](CC(=O)C1CC[C@@H]([C@H](OC)[C@@H](C)C(=O)N[C@@H](Cc2ccc(O)c([N+](=O)[O-])c2)C(=O)N2CCCCO2)N1)OC)N(C)C(=O)[C@@H](NC(=O)[C@@H](NC)C(C)C)C(C)C.Cl. The summed E-state index contributed by atoms with van der Waals surface area (Å²) in [6.45, 7) is 14.0. The van der Waals surface area contributed by atoms with Crippen LogP contribution in [0.15, 0.2) is 18.2 Å². The van der Waals surface area contributed by atoms with Gasteiger partial charge in [0.2, 0.25) is 17.7 Å². The predicted octanol–water partition coefficient (Wildman–Crippen LogP) is 3.31. The van der Waals surface area contributed by atoms with Crippen LogP contribution in [0.1, 0.15) is 92.6 Å². The van der Waals surface area contributed by atoms with Gasteiger partial charge in [0.05, 0.1) is 47.8 Å². The number of benzene rings is 1. The number of hydrogen-bond donors (Lipinski definition) is 5. The van der Waals surface area contributed by atoms with Gasteiger partial charge in [0, 0.05) is 52.8 Å². The first kappa shape index (κ1) is 54.2. The van der Waals surface area contributed by atoms with Crippen molar-refractivity contribution < 1.29 is 48.3 Å². The first-order valence-electron chi connectivity index (χ1n) is 21.6. The highest BCUT2D eigenvalue weighted by atomic mass is 35.5. The fourth-order valence-corrected chi connectivity index (χ4v) is 8.49. The minimum absolute atomic E-state index is 0. The quantitative estimate of drug-likeness (QED) is 0.0786. The fourth-order valence-electron chi connectivity index (χ4n) is 8.49. The molecule has 62 heavy (non-hydrogen) atoms. The molecule has 1 unspecified atom stereocenters. The number of amides is 4. The van der Waals surface area contributed by atoms with Crippen molar-refractivity contribution in [3.05, 3.63) is 33.9 Å². The van der Waals surface area contributed by atoms with Gasteiger partial charge in [0.15, 0.2) is 11.5 Å². The van der Waals surface area contributed by atoms with E-state index in [1.807, 2.05) is 41.5 Å². The molecule has 0 bridgehead atoms. The molecule has 0 aliphatic carbocycles. The summed E-state index contributed by atoms with van der Waals surface area (Å²) < 4.78 is 11.8. The second kappa shape index (κ2) is 25.4. The van der Waals surface area contributed by atoms with Gasteiger partial charge >= 0.3 is 5.69 Å². The maximum Gasteiger partial charge on any atom is 0.310 e. The number of hydrogen-bond acceptors (Lipinski definition) is 13. The Morgan fingerprint density at radius 2 is 1.66 bits per heavy atom. The highest BCUT2D eigenvalue weighted by molar-refractivity contribution is 5.91. The first-order valence-corrected chi connectivity index (χ1v) is 21.6. The van der Waals surface area contributed by atoms with Crippen LogP contribution in [0.3, 0.4) is 0 Å².